The quantitative estimate of drug-likeness (QED) is 0.0117. The zero-order chi connectivity index (χ0) is 72.8. The average Bonchev–Trinajstić information content (AvgIpc) is 0.763. The number of phenolic OH excluding ortho intramolecular Hbond substituents is 8. The van der Waals surface area contributed by atoms with Gasteiger partial charge in [0.05, 0.1) is 18.2 Å². The summed E-state index contributed by atoms with van der Waals surface area (Å²) in [5.74, 6) is -8.95. The lowest BCUT2D eigenvalue weighted by atomic mass is 9.97. The third kappa shape index (κ3) is 17.4. The Hall–Kier alpha value is -9.74. The van der Waals surface area contributed by atoms with Crippen LogP contribution in [0.25, 0.3) is 40.5 Å². The van der Waals surface area contributed by atoms with Gasteiger partial charge in [0.1, 0.15) is 140 Å². The number of rotatable bonds is 22. The molecule has 0 amide bonds. The summed E-state index contributed by atoms with van der Waals surface area (Å²) in [4.78, 5) is 38.8. The van der Waals surface area contributed by atoms with Crippen molar-refractivity contribution in [1.82, 2.24) is 0 Å². The van der Waals surface area contributed by atoms with E-state index in [0.29, 0.717) is 0 Å². The van der Waals surface area contributed by atoms with Crippen molar-refractivity contribution in [3.63, 3.8) is 0 Å². The number of phenols is 8. The maximum atomic E-state index is 13.4. The maximum absolute atomic E-state index is 13.4. The third-order valence-corrected chi connectivity index (χ3v) is 16.2. The van der Waals surface area contributed by atoms with E-state index in [0.717, 1.165) is 85.0 Å². The molecule has 5 aromatic carbocycles. The van der Waals surface area contributed by atoms with Crippen LogP contribution < -0.4 is 14.2 Å². The maximum Gasteiger partial charge on any atom is 0.402 e. The summed E-state index contributed by atoms with van der Waals surface area (Å²) in [5, 5.41) is 213. The van der Waals surface area contributed by atoms with Gasteiger partial charge in [-0.05, 0) is 83.4 Å². The first-order valence-corrected chi connectivity index (χ1v) is 30.5. The summed E-state index contributed by atoms with van der Waals surface area (Å²) in [6.45, 7) is -3.35. The van der Waals surface area contributed by atoms with Crippen LogP contribution in [0.2, 0.25) is 0 Å². The lowest BCUT2D eigenvalue weighted by molar-refractivity contribution is -0.358. The monoisotopic (exact) mass is 1420 g/mol. The number of carbonyl (C=O) groups is 3. The smallest absolute Gasteiger partial charge is 0.402 e. The van der Waals surface area contributed by atoms with E-state index in [1.54, 1.807) is 0 Å². The molecule has 4 aliphatic heterocycles. The summed E-state index contributed by atoms with van der Waals surface area (Å²) >= 11 is 0. The van der Waals surface area contributed by atoms with E-state index in [9.17, 15) is 117 Å². The topological polar surface area (TPSA) is 569 Å². The van der Waals surface area contributed by atoms with Crippen molar-refractivity contribution in [2.24, 2.45) is 0 Å². The second-order valence-electron chi connectivity index (χ2n) is 23.4. The Bertz CT molecular complexity index is 4010. The van der Waals surface area contributed by atoms with Crippen molar-refractivity contribution in [2.45, 2.75) is 123 Å². The predicted octanol–water partition coefficient (Wildman–Crippen LogP) is -1.82. The summed E-state index contributed by atoms with van der Waals surface area (Å²) in [5.41, 5.74) is 0.176. The Morgan fingerprint density at radius 1 is 0.386 bits per heavy atom. The molecule has 35 heteroatoms. The number of benzene rings is 5. The largest absolute Gasteiger partial charge is 0.508 e. The van der Waals surface area contributed by atoms with E-state index >= 15 is 0 Å². The number of esters is 3. The number of fused-ring (bicyclic) bond motifs is 1. The normalized spacial score (nSPS) is 29.9. The highest BCUT2D eigenvalue weighted by Gasteiger charge is 2.53. The zero-order valence-electron chi connectivity index (χ0n) is 52.1. The molecule has 0 bridgehead atoms. The number of hydrogen-bond acceptors (Lipinski definition) is 34. The van der Waals surface area contributed by atoms with Gasteiger partial charge in [-0.3, -0.25) is 0 Å². The SMILES string of the molecule is O=C(C=Cc1ccc(O)c(O)c1)OC[C@H]1O[C@@H](O[C@H]2[C@H](Oc3cc4c(O[C@@H]5O[C@H](CO)[C@@H](O)[C@H](O)[C@H]5O)cc(O)cc4[o+]c3-c3ccc(O)c(O)c3)O[C@H](COC(=O)/C=C/c3ccc(O[C@@H]4O[C@H](COC(=O)/C=C/c5cc(O)cc(O)c5)[C@@H](O)[C@H](O)[C@H]4O)c(O)c3)[C@@H](O)[C@@H]2O)[C@H](O)[C@@H](O)[C@@H]1O. The van der Waals surface area contributed by atoms with Gasteiger partial charge in [-0.2, -0.15) is 0 Å². The molecule has 35 nitrogen and oxygen atoms in total. The first-order chi connectivity index (χ1) is 48.0. The van der Waals surface area contributed by atoms with Crippen molar-refractivity contribution in [3.8, 4) is 74.6 Å². The zero-order valence-corrected chi connectivity index (χ0v) is 52.1. The fourth-order valence-corrected chi connectivity index (χ4v) is 10.7. The lowest BCUT2D eigenvalue weighted by Crippen LogP contribution is -2.65. The highest BCUT2D eigenvalue weighted by atomic mass is 16.8. The molecular weight excluding hydrogens is 1350 g/mol. The minimum Gasteiger partial charge on any atom is -0.508 e. The number of carbonyl (C=O) groups excluding carboxylic acids is 3. The molecule has 20 atom stereocenters. The van der Waals surface area contributed by atoms with Crippen LogP contribution in [0.3, 0.4) is 0 Å². The fraction of sp³-hybridized carbons (Fsp3) is 0.364. The van der Waals surface area contributed by atoms with Gasteiger partial charge in [-0.1, -0.05) is 12.1 Å². The van der Waals surface area contributed by atoms with Crippen molar-refractivity contribution < 1.29 is 173 Å². The molecule has 6 aromatic rings. The van der Waals surface area contributed by atoms with Crippen LogP contribution in [0, 0.1) is 0 Å². The molecule has 5 heterocycles. The second-order valence-corrected chi connectivity index (χ2v) is 23.4. The molecule has 542 valence electrons. The van der Waals surface area contributed by atoms with Gasteiger partial charge in [0, 0.05) is 42.5 Å². The van der Waals surface area contributed by atoms with Crippen LogP contribution in [-0.2, 0) is 52.3 Å². The van der Waals surface area contributed by atoms with Crippen LogP contribution in [-0.4, -0.2) is 269 Å². The molecule has 20 N–H and O–H groups in total. The van der Waals surface area contributed by atoms with E-state index < -0.39 is 219 Å². The minimum absolute atomic E-state index is 0.0917. The van der Waals surface area contributed by atoms with Crippen molar-refractivity contribution >= 4 is 47.1 Å². The molecule has 0 radical (unpaired) electrons. The standard InChI is InChI=1S/C66H68O35/c67-22-43-50(79)54(83)58(87)64(97-43)95-41-20-32(70)19-40-33(41)21-42(61(93-40)29-6-8-35(72)37(74)17-29)96-66-62(101-65-60(89)56(85)52(81)45(99-65)24-90-47(76)10-3-26-1-7-34(71)36(73)15-26)57(86)53(82)46(100-66)25-92-48(77)11-4-27-2-9-39(38(75)16-27)94-63-59(88)55(84)51(80)44(98-63)23-91-49(78)12-5-28-13-30(68)18-31(69)14-28/h1-21,43-46,50-60,62-67,79-89H,22-25H2,(H7-,68,69,70,71,72,73,74,75,76)/p+1/b11-4+,12-5+/t43-,44-,45-,46-,50-,51-,52-,53-,54+,55+,56+,57+,58-,59-,60-,62-,63-,64-,65+,66-/m1/s1. The molecule has 0 saturated carbocycles. The van der Waals surface area contributed by atoms with Crippen molar-refractivity contribution in [1.29, 1.82) is 0 Å². The number of ether oxygens (including phenoxy) is 11. The third-order valence-electron chi connectivity index (χ3n) is 16.2. The van der Waals surface area contributed by atoms with Gasteiger partial charge in [0.25, 0.3) is 0 Å². The molecule has 0 unspecified atom stereocenters. The van der Waals surface area contributed by atoms with E-state index in [4.69, 9.17) is 56.5 Å². The summed E-state index contributed by atoms with van der Waals surface area (Å²) in [6.07, 6.45) is -32.8. The highest BCUT2D eigenvalue weighted by Crippen LogP contribution is 2.44. The van der Waals surface area contributed by atoms with Gasteiger partial charge in [-0.15, -0.1) is 0 Å². The van der Waals surface area contributed by atoms with Crippen LogP contribution >= 0.6 is 0 Å². The molecule has 0 spiro atoms. The molecule has 4 aliphatic rings. The van der Waals surface area contributed by atoms with Crippen LogP contribution in [0.5, 0.6) is 63.2 Å². The molecule has 101 heavy (non-hydrogen) atoms. The molecule has 4 fully saturated rings. The van der Waals surface area contributed by atoms with Crippen LogP contribution in [0.1, 0.15) is 16.7 Å². The number of hydrogen-bond donors (Lipinski definition) is 20. The summed E-state index contributed by atoms with van der Waals surface area (Å²) in [7, 11) is 0. The van der Waals surface area contributed by atoms with Gasteiger partial charge < -0.3 is 154 Å². The van der Waals surface area contributed by atoms with E-state index in [1.807, 2.05) is 0 Å². The Balaban J connectivity index is 0.884. The lowest BCUT2D eigenvalue weighted by Gasteiger charge is -2.45. The Labute approximate surface area is 568 Å². The molecule has 4 saturated heterocycles. The minimum atomic E-state index is -2.28. The summed E-state index contributed by atoms with van der Waals surface area (Å²) in [6, 6.07) is 17.1. The average molecular weight is 1420 g/mol. The Morgan fingerprint density at radius 3 is 1.36 bits per heavy atom. The van der Waals surface area contributed by atoms with E-state index in [1.165, 1.54) is 42.5 Å². The fourth-order valence-electron chi connectivity index (χ4n) is 10.7. The van der Waals surface area contributed by atoms with E-state index in [-0.39, 0.29) is 50.5 Å². The Kier molecular flexibility index (Phi) is 23.3. The van der Waals surface area contributed by atoms with Crippen LogP contribution in [0.15, 0.2) is 114 Å². The predicted molar refractivity (Wildman–Crippen MR) is 333 cm³/mol. The van der Waals surface area contributed by atoms with E-state index in [2.05, 4.69) is 0 Å². The Morgan fingerprint density at radius 2 is 0.822 bits per heavy atom. The van der Waals surface area contributed by atoms with Gasteiger partial charge in [0.15, 0.2) is 46.9 Å². The van der Waals surface area contributed by atoms with Gasteiger partial charge in [0.2, 0.25) is 24.6 Å². The highest BCUT2D eigenvalue weighted by molar-refractivity contribution is 5.90. The number of aliphatic hydroxyl groups excluding tert-OH is 12. The second kappa shape index (κ2) is 31.9. The van der Waals surface area contributed by atoms with Crippen LogP contribution in [0.4, 0.5) is 0 Å². The van der Waals surface area contributed by atoms with Crippen molar-refractivity contribution in [3.05, 3.63) is 126 Å². The molecule has 0 aliphatic carbocycles. The molecule has 10 rings (SSSR count). The van der Waals surface area contributed by atoms with Crippen molar-refractivity contribution in [2.75, 3.05) is 26.4 Å². The van der Waals surface area contributed by atoms with Gasteiger partial charge >= 0.3 is 29.3 Å². The number of aromatic hydroxyl groups is 8. The van der Waals surface area contributed by atoms with Gasteiger partial charge in [-0.25, -0.2) is 18.8 Å². The molecule has 1 aromatic heterocycles. The first kappa shape index (κ1) is 74.0. The summed E-state index contributed by atoms with van der Waals surface area (Å²) < 4.78 is 69.1. The molecular formula is C66H69O35+. The number of aliphatic hydroxyl groups is 12. The first-order valence-electron chi connectivity index (χ1n) is 30.5.